The van der Waals surface area contributed by atoms with Gasteiger partial charge in [0.2, 0.25) is 0 Å². The van der Waals surface area contributed by atoms with E-state index in [9.17, 15) is 0 Å². The first-order valence-corrected chi connectivity index (χ1v) is 6.73. The van der Waals surface area contributed by atoms with E-state index in [1.165, 1.54) is 16.8 Å². The van der Waals surface area contributed by atoms with Crippen LogP contribution < -0.4 is 10.6 Å². The molecule has 0 aliphatic heterocycles. The van der Waals surface area contributed by atoms with Crippen molar-refractivity contribution in [1.82, 2.24) is 0 Å². The summed E-state index contributed by atoms with van der Waals surface area (Å²) in [5.74, 6) is 0. The first kappa shape index (κ1) is 13.9. The number of halogens is 1. The summed E-state index contributed by atoms with van der Waals surface area (Å²) in [6.45, 7) is 3.47. The van der Waals surface area contributed by atoms with Crippen molar-refractivity contribution < 1.29 is 0 Å². The van der Waals surface area contributed by atoms with Gasteiger partial charge in [0.25, 0.3) is 0 Å². The van der Waals surface area contributed by atoms with Crippen molar-refractivity contribution in [2.75, 3.05) is 11.9 Å². The molecule has 0 radical (unpaired) electrons. The molecule has 2 N–H and O–H groups in total. The molecule has 0 saturated carbocycles. The standard InChI is InChI=1S/C16H19ClN2/c1-12-9-15(8-7-13(12)10-18)19(2)11-14-5-3-4-6-16(14)17/h3-9H,10-11,18H2,1-2H3. The molecule has 2 aromatic carbocycles. The summed E-state index contributed by atoms with van der Waals surface area (Å²) >= 11 is 6.19. The molecular formula is C16H19ClN2. The molecule has 0 heterocycles. The van der Waals surface area contributed by atoms with E-state index in [0.717, 1.165) is 17.1 Å². The molecule has 0 aliphatic rings. The summed E-state index contributed by atoms with van der Waals surface area (Å²) in [5, 5.41) is 0.810. The molecule has 0 bridgehead atoms. The number of hydrogen-bond donors (Lipinski definition) is 1. The largest absolute Gasteiger partial charge is 0.370 e. The van der Waals surface area contributed by atoms with Crippen LogP contribution in [0, 0.1) is 6.92 Å². The Hall–Kier alpha value is -1.51. The van der Waals surface area contributed by atoms with Crippen LogP contribution >= 0.6 is 11.6 Å². The fourth-order valence-electron chi connectivity index (χ4n) is 2.12. The Kier molecular flexibility index (Phi) is 4.46. The molecular weight excluding hydrogens is 256 g/mol. The van der Waals surface area contributed by atoms with Gasteiger partial charge in [-0.05, 0) is 41.8 Å². The van der Waals surface area contributed by atoms with E-state index < -0.39 is 0 Å². The molecule has 2 rings (SSSR count). The lowest BCUT2D eigenvalue weighted by atomic mass is 10.1. The highest BCUT2D eigenvalue weighted by Gasteiger charge is 2.06. The highest BCUT2D eigenvalue weighted by molar-refractivity contribution is 6.31. The topological polar surface area (TPSA) is 29.3 Å². The van der Waals surface area contributed by atoms with Crippen LogP contribution in [0.1, 0.15) is 16.7 Å². The lowest BCUT2D eigenvalue weighted by molar-refractivity contribution is 0.919. The van der Waals surface area contributed by atoms with Crippen LogP contribution in [0.5, 0.6) is 0 Å². The van der Waals surface area contributed by atoms with Crippen LogP contribution in [0.3, 0.4) is 0 Å². The molecule has 0 spiro atoms. The predicted molar refractivity (Wildman–Crippen MR) is 82.6 cm³/mol. The minimum absolute atomic E-state index is 0.584. The summed E-state index contributed by atoms with van der Waals surface area (Å²) in [6.07, 6.45) is 0. The summed E-state index contributed by atoms with van der Waals surface area (Å²) in [7, 11) is 2.07. The number of nitrogens with two attached hydrogens (primary N) is 1. The molecule has 2 nitrogen and oxygen atoms in total. The third kappa shape index (κ3) is 3.28. The monoisotopic (exact) mass is 274 g/mol. The Labute approximate surface area is 119 Å². The summed E-state index contributed by atoms with van der Waals surface area (Å²) in [6, 6.07) is 14.3. The molecule has 0 unspecified atom stereocenters. The van der Waals surface area contributed by atoms with Gasteiger partial charge in [0, 0.05) is 30.8 Å². The van der Waals surface area contributed by atoms with Gasteiger partial charge in [-0.2, -0.15) is 0 Å². The fraction of sp³-hybridized carbons (Fsp3) is 0.250. The van der Waals surface area contributed by atoms with Crippen molar-refractivity contribution in [3.8, 4) is 0 Å². The van der Waals surface area contributed by atoms with Crippen LogP contribution in [-0.4, -0.2) is 7.05 Å². The van der Waals surface area contributed by atoms with Gasteiger partial charge in [-0.25, -0.2) is 0 Å². The Morgan fingerprint density at radius 3 is 2.47 bits per heavy atom. The molecule has 0 saturated heterocycles. The van der Waals surface area contributed by atoms with Crippen molar-refractivity contribution in [3.05, 3.63) is 64.2 Å². The van der Waals surface area contributed by atoms with E-state index in [0.29, 0.717) is 6.54 Å². The third-order valence-corrected chi connectivity index (χ3v) is 3.72. The van der Waals surface area contributed by atoms with Gasteiger partial charge < -0.3 is 10.6 Å². The first-order valence-electron chi connectivity index (χ1n) is 6.36. The highest BCUT2D eigenvalue weighted by atomic mass is 35.5. The van der Waals surface area contributed by atoms with Crippen LogP contribution in [0.15, 0.2) is 42.5 Å². The van der Waals surface area contributed by atoms with Gasteiger partial charge in [0.15, 0.2) is 0 Å². The van der Waals surface area contributed by atoms with Gasteiger partial charge in [0.05, 0.1) is 0 Å². The maximum Gasteiger partial charge on any atom is 0.0455 e. The van der Waals surface area contributed by atoms with Crippen molar-refractivity contribution in [1.29, 1.82) is 0 Å². The predicted octanol–water partition coefficient (Wildman–Crippen LogP) is 3.74. The fourth-order valence-corrected chi connectivity index (χ4v) is 2.32. The normalized spacial score (nSPS) is 10.5. The molecule has 100 valence electrons. The number of nitrogens with zero attached hydrogens (tertiary/aromatic N) is 1. The average molecular weight is 275 g/mol. The summed E-state index contributed by atoms with van der Waals surface area (Å²) < 4.78 is 0. The van der Waals surface area contributed by atoms with Crippen molar-refractivity contribution in [2.45, 2.75) is 20.0 Å². The molecule has 0 aromatic heterocycles. The van der Waals surface area contributed by atoms with Crippen LogP contribution in [-0.2, 0) is 13.1 Å². The van der Waals surface area contributed by atoms with Gasteiger partial charge in [-0.3, -0.25) is 0 Å². The van der Waals surface area contributed by atoms with E-state index in [-0.39, 0.29) is 0 Å². The van der Waals surface area contributed by atoms with Gasteiger partial charge >= 0.3 is 0 Å². The smallest absolute Gasteiger partial charge is 0.0455 e. The molecule has 2 aromatic rings. The highest BCUT2D eigenvalue weighted by Crippen LogP contribution is 2.22. The molecule has 0 aliphatic carbocycles. The van der Waals surface area contributed by atoms with Crippen LogP contribution in [0.25, 0.3) is 0 Å². The number of benzene rings is 2. The Bertz CT molecular complexity index is 566. The lowest BCUT2D eigenvalue weighted by Gasteiger charge is -2.21. The number of rotatable bonds is 4. The van der Waals surface area contributed by atoms with Gasteiger partial charge in [-0.1, -0.05) is 35.9 Å². The minimum atomic E-state index is 0.584. The first-order chi connectivity index (χ1) is 9.11. The third-order valence-electron chi connectivity index (χ3n) is 3.35. The zero-order valence-electron chi connectivity index (χ0n) is 11.4. The van der Waals surface area contributed by atoms with Gasteiger partial charge in [0.1, 0.15) is 0 Å². The second kappa shape index (κ2) is 6.09. The molecule has 0 fully saturated rings. The molecule has 19 heavy (non-hydrogen) atoms. The minimum Gasteiger partial charge on any atom is -0.370 e. The quantitative estimate of drug-likeness (QED) is 0.920. The van der Waals surface area contributed by atoms with Crippen LogP contribution in [0.4, 0.5) is 5.69 Å². The van der Waals surface area contributed by atoms with Crippen molar-refractivity contribution >= 4 is 17.3 Å². The zero-order chi connectivity index (χ0) is 13.8. The number of anilines is 1. The molecule has 3 heteroatoms. The van der Waals surface area contributed by atoms with E-state index >= 15 is 0 Å². The Morgan fingerprint density at radius 1 is 1.11 bits per heavy atom. The maximum absolute atomic E-state index is 6.19. The van der Waals surface area contributed by atoms with Gasteiger partial charge in [-0.15, -0.1) is 0 Å². The summed E-state index contributed by atoms with van der Waals surface area (Å²) in [4.78, 5) is 2.19. The Morgan fingerprint density at radius 2 is 1.84 bits per heavy atom. The van der Waals surface area contributed by atoms with E-state index in [4.69, 9.17) is 17.3 Å². The van der Waals surface area contributed by atoms with Crippen molar-refractivity contribution in [2.24, 2.45) is 5.73 Å². The average Bonchev–Trinajstić information content (AvgIpc) is 2.41. The molecule has 0 amide bonds. The summed E-state index contributed by atoms with van der Waals surface area (Å²) in [5.41, 5.74) is 10.4. The zero-order valence-corrected chi connectivity index (χ0v) is 12.1. The van der Waals surface area contributed by atoms with Crippen LogP contribution in [0.2, 0.25) is 5.02 Å². The van der Waals surface area contributed by atoms with Crippen molar-refractivity contribution in [3.63, 3.8) is 0 Å². The molecule has 0 atom stereocenters. The second-order valence-electron chi connectivity index (χ2n) is 4.76. The van der Waals surface area contributed by atoms with E-state index in [1.807, 2.05) is 18.2 Å². The van der Waals surface area contributed by atoms with E-state index in [1.54, 1.807) is 0 Å². The number of hydrogen-bond acceptors (Lipinski definition) is 2. The number of aryl methyl sites for hydroxylation is 1. The van der Waals surface area contributed by atoms with E-state index in [2.05, 4.69) is 43.1 Å². The Balaban J connectivity index is 2.18. The lowest BCUT2D eigenvalue weighted by Crippen LogP contribution is -2.17. The maximum atomic E-state index is 6.19. The SMILES string of the molecule is Cc1cc(N(C)Cc2ccccc2Cl)ccc1CN. The second-order valence-corrected chi connectivity index (χ2v) is 5.17.